The zero-order valence-electron chi connectivity index (χ0n) is 9.29. The van der Waals surface area contributed by atoms with Crippen LogP contribution in [0.15, 0.2) is 18.6 Å². The number of aromatic nitrogens is 3. The van der Waals surface area contributed by atoms with Crippen molar-refractivity contribution in [2.24, 2.45) is 0 Å². The van der Waals surface area contributed by atoms with E-state index in [4.69, 9.17) is 16.7 Å². The van der Waals surface area contributed by atoms with Gasteiger partial charge in [0.25, 0.3) is 0 Å². The Morgan fingerprint density at radius 3 is 2.78 bits per heavy atom. The Balaban J connectivity index is 2.66. The van der Waals surface area contributed by atoms with Crippen LogP contribution in [-0.4, -0.2) is 32.1 Å². The number of aldehydes is 1. The van der Waals surface area contributed by atoms with Crippen LogP contribution in [0.25, 0.3) is 5.69 Å². The minimum atomic E-state index is -1.18. The third-order valence-corrected chi connectivity index (χ3v) is 2.69. The smallest absolute Gasteiger partial charge is 0.339 e. The molecule has 0 aliphatic rings. The molecule has 0 amide bonds. The number of rotatable bonds is 3. The number of hydrogen-bond acceptors (Lipinski definition) is 4. The summed E-state index contributed by atoms with van der Waals surface area (Å²) in [4.78, 5) is 25.7. The van der Waals surface area contributed by atoms with Gasteiger partial charge in [-0.15, -0.1) is 0 Å². The molecule has 0 radical (unpaired) electrons. The van der Waals surface area contributed by atoms with Crippen LogP contribution < -0.4 is 0 Å². The minimum Gasteiger partial charge on any atom is -0.478 e. The Bertz CT molecular complexity index is 636. The third-order valence-electron chi connectivity index (χ3n) is 2.40. The fraction of sp³-hybridized carbons (Fsp3) is 0.0909. The lowest BCUT2D eigenvalue weighted by atomic mass is 10.2. The molecular formula is C11H8ClN3O3. The molecule has 0 aliphatic heterocycles. The first-order valence-electron chi connectivity index (χ1n) is 4.93. The lowest BCUT2D eigenvalue weighted by Crippen LogP contribution is -2.07. The highest BCUT2D eigenvalue weighted by atomic mass is 35.5. The van der Waals surface area contributed by atoms with Gasteiger partial charge in [-0.1, -0.05) is 11.6 Å². The molecule has 0 atom stereocenters. The van der Waals surface area contributed by atoms with Crippen LogP contribution in [0.2, 0.25) is 5.02 Å². The van der Waals surface area contributed by atoms with Crippen LogP contribution in [0.4, 0.5) is 0 Å². The van der Waals surface area contributed by atoms with E-state index in [1.54, 1.807) is 6.92 Å². The van der Waals surface area contributed by atoms with Crippen molar-refractivity contribution in [1.82, 2.24) is 14.8 Å². The molecule has 0 fully saturated rings. The molecule has 92 valence electrons. The van der Waals surface area contributed by atoms with Crippen molar-refractivity contribution in [3.63, 3.8) is 0 Å². The first kappa shape index (κ1) is 12.3. The highest BCUT2D eigenvalue weighted by molar-refractivity contribution is 6.33. The number of carbonyl (C=O) groups excluding carboxylic acids is 1. The maximum absolute atomic E-state index is 11.2. The van der Waals surface area contributed by atoms with Gasteiger partial charge in [-0.2, -0.15) is 5.10 Å². The summed E-state index contributed by atoms with van der Waals surface area (Å²) >= 11 is 5.80. The molecule has 0 bridgehead atoms. The summed E-state index contributed by atoms with van der Waals surface area (Å²) in [6, 6.07) is 0. The zero-order chi connectivity index (χ0) is 13.3. The van der Waals surface area contributed by atoms with E-state index in [9.17, 15) is 9.59 Å². The fourth-order valence-electron chi connectivity index (χ4n) is 1.52. The number of aryl methyl sites for hydroxylation is 1. The summed E-state index contributed by atoms with van der Waals surface area (Å²) in [5, 5.41) is 13.2. The Morgan fingerprint density at radius 2 is 2.22 bits per heavy atom. The Labute approximate surface area is 107 Å². The van der Waals surface area contributed by atoms with Crippen LogP contribution in [0.5, 0.6) is 0 Å². The van der Waals surface area contributed by atoms with E-state index in [2.05, 4.69) is 10.1 Å². The maximum Gasteiger partial charge on any atom is 0.339 e. The number of pyridine rings is 1. The van der Waals surface area contributed by atoms with E-state index in [0.717, 1.165) is 0 Å². The summed E-state index contributed by atoms with van der Waals surface area (Å²) in [6.45, 7) is 1.65. The van der Waals surface area contributed by atoms with Crippen molar-refractivity contribution in [2.45, 2.75) is 6.92 Å². The number of halogens is 1. The van der Waals surface area contributed by atoms with Crippen molar-refractivity contribution in [3.8, 4) is 5.69 Å². The van der Waals surface area contributed by atoms with E-state index in [0.29, 0.717) is 17.5 Å². The molecule has 2 heterocycles. The predicted molar refractivity (Wildman–Crippen MR) is 63.5 cm³/mol. The average Bonchev–Trinajstić information content (AvgIpc) is 2.69. The highest BCUT2D eigenvalue weighted by Gasteiger charge is 2.18. The predicted octanol–water partition coefficient (Wildman–Crippen LogP) is 1.74. The van der Waals surface area contributed by atoms with Gasteiger partial charge in [0.05, 0.1) is 28.2 Å². The van der Waals surface area contributed by atoms with Gasteiger partial charge in [-0.3, -0.25) is 9.78 Å². The Hall–Kier alpha value is -2.21. The first-order chi connectivity index (χ1) is 8.54. The van der Waals surface area contributed by atoms with Gasteiger partial charge >= 0.3 is 5.97 Å². The second-order valence-corrected chi connectivity index (χ2v) is 3.96. The number of hydrogen-bond donors (Lipinski definition) is 1. The number of carboxylic acid groups (broad SMARTS) is 1. The summed E-state index contributed by atoms with van der Waals surface area (Å²) in [5.41, 5.74) is 0.991. The van der Waals surface area contributed by atoms with Gasteiger partial charge < -0.3 is 5.11 Å². The summed E-state index contributed by atoms with van der Waals surface area (Å²) in [7, 11) is 0. The standard InChI is InChI=1S/C11H8ClN3O3/c1-6-7(5-16)4-15(14-6)9-3-13-2-8(12)10(9)11(17)18/h2-5H,1H3,(H,17,18). The molecule has 6 nitrogen and oxygen atoms in total. The van der Waals surface area contributed by atoms with Crippen LogP contribution in [0.1, 0.15) is 26.4 Å². The van der Waals surface area contributed by atoms with Crippen molar-refractivity contribution < 1.29 is 14.7 Å². The van der Waals surface area contributed by atoms with E-state index < -0.39 is 5.97 Å². The van der Waals surface area contributed by atoms with Crippen LogP contribution in [-0.2, 0) is 0 Å². The molecule has 18 heavy (non-hydrogen) atoms. The summed E-state index contributed by atoms with van der Waals surface area (Å²) in [5.74, 6) is -1.18. The van der Waals surface area contributed by atoms with Gasteiger partial charge in [0.1, 0.15) is 5.56 Å². The number of carbonyl (C=O) groups is 2. The highest BCUT2D eigenvalue weighted by Crippen LogP contribution is 2.22. The number of carboxylic acids is 1. The molecule has 2 aromatic heterocycles. The zero-order valence-corrected chi connectivity index (χ0v) is 10.0. The molecule has 0 aromatic carbocycles. The first-order valence-corrected chi connectivity index (χ1v) is 5.31. The molecule has 0 unspecified atom stereocenters. The minimum absolute atomic E-state index is 0.0146. The molecule has 0 saturated heterocycles. The van der Waals surface area contributed by atoms with Gasteiger partial charge in [0, 0.05) is 12.4 Å². The molecule has 0 spiro atoms. The van der Waals surface area contributed by atoms with E-state index in [-0.39, 0.29) is 16.3 Å². The topological polar surface area (TPSA) is 85.1 Å². The lowest BCUT2D eigenvalue weighted by molar-refractivity contribution is 0.0696. The van der Waals surface area contributed by atoms with Crippen LogP contribution in [0, 0.1) is 6.92 Å². The third kappa shape index (κ3) is 1.98. The van der Waals surface area contributed by atoms with Crippen LogP contribution >= 0.6 is 11.6 Å². The summed E-state index contributed by atoms with van der Waals surface area (Å²) < 4.78 is 1.28. The molecule has 2 rings (SSSR count). The van der Waals surface area contributed by atoms with E-state index in [1.807, 2.05) is 0 Å². The van der Waals surface area contributed by atoms with Gasteiger partial charge in [0.15, 0.2) is 6.29 Å². The fourth-order valence-corrected chi connectivity index (χ4v) is 1.76. The van der Waals surface area contributed by atoms with Gasteiger partial charge in [-0.05, 0) is 6.92 Å². The van der Waals surface area contributed by atoms with Crippen molar-refractivity contribution >= 4 is 23.9 Å². The van der Waals surface area contributed by atoms with E-state index >= 15 is 0 Å². The second-order valence-electron chi connectivity index (χ2n) is 3.55. The molecule has 0 saturated carbocycles. The molecule has 2 aromatic rings. The lowest BCUT2D eigenvalue weighted by Gasteiger charge is -2.06. The monoisotopic (exact) mass is 265 g/mol. The normalized spacial score (nSPS) is 10.3. The largest absolute Gasteiger partial charge is 0.478 e. The quantitative estimate of drug-likeness (QED) is 0.855. The maximum atomic E-state index is 11.2. The van der Waals surface area contributed by atoms with Gasteiger partial charge in [-0.25, -0.2) is 9.48 Å². The van der Waals surface area contributed by atoms with Crippen molar-refractivity contribution in [3.05, 3.63) is 40.4 Å². The van der Waals surface area contributed by atoms with Crippen LogP contribution in [0.3, 0.4) is 0 Å². The molecule has 7 heteroatoms. The summed E-state index contributed by atoms with van der Waals surface area (Å²) in [6.07, 6.45) is 4.65. The Morgan fingerprint density at radius 1 is 1.50 bits per heavy atom. The average molecular weight is 266 g/mol. The van der Waals surface area contributed by atoms with Crippen molar-refractivity contribution in [2.75, 3.05) is 0 Å². The Kier molecular flexibility index (Phi) is 3.12. The number of aromatic carboxylic acids is 1. The molecule has 1 N–H and O–H groups in total. The second kappa shape index (κ2) is 4.58. The molecular weight excluding hydrogens is 258 g/mol. The van der Waals surface area contributed by atoms with Gasteiger partial charge in [0.2, 0.25) is 0 Å². The van der Waals surface area contributed by atoms with Crippen molar-refractivity contribution in [1.29, 1.82) is 0 Å². The SMILES string of the molecule is Cc1nn(-c2cncc(Cl)c2C(=O)O)cc1C=O. The van der Waals surface area contributed by atoms with E-state index in [1.165, 1.54) is 23.3 Å². The molecule has 0 aliphatic carbocycles. The number of nitrogens with zero attached hydrogens (tertiary/aromatic N) is 3.